The van der Waals surface area contributed by atoms with E-state index in [0.717, 1.165) is 16.7 Å². The van der Waals surface area contributed by atoms with Crippen molar-refractivity contribution in [3.05, 3.63) is 102 Å². The monoisotopic (exact) mass is 402 g/mol. The maximum atomic E-state index is 11.9. The van der Waals surface area contributed by atoms with Gasteiger partial charge in [0.2, 0.25) is 0 Å². The molecule has 144 valence electrons. The molecule has 0 aliphatic carbocycles. The molecule has 0 saturated heterocycles. The molecular weight excluding hydrogens is 384 g/mol. The van der Waals surface area contributed by atoms with Crippen molar-refractivity contribution in [3.63, 3.8) is 0 Å². The van der Waals surface area contributed by atoms with Gasteiger partial charge in [0.1, 0.15) is 10.7 Å². The number of rotatable bonds is 5. The van der Waals surface area contributed by atoms with Gasteiger partial charge < -0.3 is 4.42 Å². The maximum absolute atomic E-state index is 11.9. The lowest BCUT2D eigenvalue weighted by atomic mass is 10.0. The zero-order valence-electron chi connectivity index (χ0n) is 15.4. The van der Waals surface area contributed by atoms with E-state index >= 15 is 0 Å². The molecule has 4 nitrogen and oxygen atoms in total. The highest BCUT2D eigenvalue weighted by molar-refractivity contribution is 7.86. The van der Waals surface area contributed by atoms with Gasteiger partial charge >= 0.3 is 0 Å². The van der Waals surface area contributed by atoms with E-state index in [9.17, 15) is 13.0 Å². The quantitative estimate of drug-likeness (QED) is 0.327. The molecular formula is C24H18O4S. The lowest BCUT2D eigenvalue weighted by molar-refractivity contribution is 0.483. The third-order valence-corrected chi connectivity index (χ3v) is 5.48. The summed E-state index contributed by atoms with van der Waals surface area (Å²) in [4.78, 5) is -0.163. The van der Waals surface area contributed by atoms with Crippen LogP contribution in [0.15, 0.2) is 101 Å². The molecule has 1 aromatic heterocycles. The van der Waals surface area contributed by atoms with Crippen LogP contribution in [-0.4, -0.2) is 13.0 Å². The van der Waals surface area contributed by atoms with E-state index in [1.165, 1.54) is 12.3 Å². The molecule has 3 aromatic carbocycles. The van der Waals surface area contributed by atoms with Gasteiger partial charge in [0.25, 0.3) is 10.1 Å². The fourth-order valence-electron chi connectivity index (χ4n) is 3.09. The SMILES string of the molecule is O=S(=O)(O)c1cc(-c2ccco2)ccc1C=Cc1ccc(-c2ccccc2)cc1. The van der Waals surface area contributed by atoms with E-state index in [2.05, 4.69) is 0 Å². The summed E-state index contributed by atoms with van der Waals surface area (Å²) in [7, 11) is -4.39. The Labute approximate surface area is 169 Å². The van der Waals surface area contributed by atoms with Crippen molar-refractivity contribution in [3.8, 4) is 22.5 Å². The molecule has 0 aliphatic rings. The summed E-state index contributed by atoms with van der Waals surface area (Å²) < 4.78 is 38.7. The zero-order valence-corrected chi connectivity index (χ0v) is 16.2. The standard InChI is InChI=1S/C24H18O4S/c25-29(26,27)24-17-22(23-7-4-16-28-23)15-14-21(24)13-10-18-8-11-20(12-9-18)19-5-2-1-3-6-19/h1-17H,(H,25,26,27). The Balaban J connectivity index is 1.64. The highest BCUT2D eigenvalue weighted by atomic mass is 32.2. The van der Waals surface area contributed by atoms with Gasteiger partial charge in [-0.1, -0.05) is 78.9 Å². The lowest BCUT2D eigenvalue weighted by Crippen LogP contribution is -2.01. The van der Waals surface area contributed by atoms with Crippen LogP contribution >= 0.6 is 0 Å². The van der Waals surface area contributed by atoms with E-state index in [1.807, 2.05) is 60.7 Å². The Kier molecular flexibility index (Phi) is 5.16. The van der Waals surface area contributed by atoms with Crippen LogP contribution in [0.2, 0.25) is 0 Å². The molecule has 0 bridgehead atoms. The van der Waals surface area contributed by atoms with E-state index in [4.69, 9.17) is 4.42 Å². The minimum atomic E-state index is -4.39. The summed E-state index contributed by atoms with van der Waals surface area (Å²) in [5.74, 6) is 0.530. The van der Waals surface area contributed by atoms with Crippen molar-refractivity contribution in [2.24, 2.45) is 0 Å². The minimum absolute atomic E-state index is 0.163. The second kappa shape index (κ2) is 7.91. The van der Waals surface area contributed by atoms with Gasteiger partial charge in [0.15, 0.2) is 0 Å². The molecule has 4 aromatic rings. The fraction of sp³-hybridized carbons (Fsp3) is 0. The number of benzene rings is 3. The van der Waals surface area contributed by atoms with Crippen molar-refractivity contribution in [1.29, 1.82) is 0 Å². The normalized spacial score (nSPS) is 11.8. The van der Waals surface area contributed by atoms with Crippen molar-refractivity contribution in [2.45, 2.75) is 4.90 Å². The van der Waals surface area contributed by atoms with E-state index < -0.39 is 10.1 Å². The lowest BCUT2D eigenvalue weighted by Gasteiger charge is -2.06. The summed E-state index contributed by atoms with van der Waals surface area (Å²) in [6.07, 6.45) is 4.99. The van der Waals surface area contributed by atoms with Gasteiger partial charge in [0.05, 0.1) is 6.26 Å². The molecule has 0 unspecified atom stereocenters. The minimum Gasteiger partial charge on any atom is -0.464 e. The molecule has 1 N–H and O–H groups in total. The predicted molar refractivity (Wildman–Crippen MR) is 115 cm³/mol. The average Bonchev–Trinajstić information content (AvgIpc) is 3.27. The van der Waals surface area contributed by atoms with E-state index in [1.54, 1.807) is 30.3 Å². The van der Waals surface area contributed by atoms with Gasteiger partial charge in [-0.25, -0.2) is 0 Å². The Morgan fingerprint density at radius 3 is 2.07 bits per heavy atom. The summed E-state index contributed by atoms with van der Waals surface area (Å²) >= 11 is 0. The van der Waals surface area contributed by atoms with E-state index in [-0.39, 0.29) is 4.90 Å². The number of furan rings is 1. The molecule has 0 fully saturated rings. The molecule has 0 aliphatic heterocycles. The topological polar surface area (TPSA) is 67.5 Å². The third kappa shape index (κ3) is 4.37. The van der Waals surface area contributed by atoms with Crippen LogP contribution in [0.5, 0.6) is 0 Å². The predicted octanol–water partition coefficient (Wildman–Crippen LogP) is 6.03. The van der Waals surface area contributed by atoms with Crippen LogP contribution in [0.3, 0.4) is 0 Å². The first-order valence-corrected chi connectivity index (χ1v) is 10.4. The largest absolute Gasteiger partial charge is 0.464 e. The highest BCUT2D eigenvalue weighted by Gasteiger charge is 2.16. The second-order valence-corrected chi connectivity index (χ2v) is 7.92. The molecule has 29 heavy (non-hydrogen) atoms. The van der Waals surface area contributed by atoms with Gasteiger partial charge in [-0.05, 0) is 40.5 Å². The molecule has 0 amide bonds. The average molecular weight is 402 g/mol. The zero-order chi connectivity index (χ0) is 20.3. The van der Waals surface area contributed by atoms with Crippen LogP contribution in [0.4, 0.5) is 0 Å². The molecule has 1 heterocycles. The molecule has 4 rings (SSSR count). The van der Waals surface area contributed by atoms with Gasteiger partial charge in [-0.2, -0.15) is 8.42 Å². The molecule has 0 spiro atoms. The molecule has 5 heteroatoms. The first kappa shape index (κ1) is 18.9. The van der Waals surface area contributed by atoms with Crippen LogP contribution < -0.4 is 0 Å². The van der Waals surface area contributed by atoms with Crippen molar-refractivity contribution in [1.82, 2.24) is 0 Å². The van der Waals surface area contributed by atoms with E-state index in [0.29, 0.717) is 16.9 Å². The Morgan fingerprint density at radius 2 is 1.41 bits per heavy atom. The van der Waals surface area contributed by atoms with Gasteiger partial charge in [-0.15, -0.1) is 0 Å². The van der Waals surface area contributed by atoms with Crippen LogP contribution in [0.1, 0.15) is 11.1 Å². The first-order valence-electron chi connectivity index (χ1n) is 9.00. The Morgan fingerprint density at radius 1 is 0.724 bits per heavy atom. The van der Waals surface area contributed by atoms with Crippen LogP contribution in [0, 0.1) is 0 Å². The number of hydrogen-bond donors (Lipinski definition) is 1. The fourth-order valence-corrected chi connectivity index (χ4v) is 3.80. The summed E-state index contributed by atoms with van der Waals surface area (Å²) in [5.41, 5.74) is 4.12. The first-order chi connectivity index (χ1) is 14.0. The molecule has 0 saturated carbocycles. The van der Waals surface area contributed by atoms with Gasteiger partial charge in [0, 0.05) is 5.56 Å². The van der Waals surface area contributed by atoms with Crippen molar-refractivity contribution < 1.29 is 17.4 Å². The molecule has 0 radical (unpaired) electrons. The third-order valence-electron chi connectivity index (χ3n) is 4.57. The maximum Gasteiger partial charge on any atom is 0.295 e. The second-order valence-electron chi connectivity index (χ2n) is 6.53. The van der Waals surface area contributed by atoms with Crippen molar-refractivity contribution in [2.75, 3.05) is 0 Å². The number of hydrogen-bond acceptors (Lipinski definition) is 3. The summed E-state index contributed by atoms with van der Waals surface area (Å²) in [6, 6.07) is 26.3. The van der Waals surface area contributed by atoms with Crippen molar-refractivity contribution >= 4 is 22.3 Å². The highest BCUT2D eigenvalue weighted by Crippen LogP contribution is 2.27. The smallest absolute Gasteiger partial charge is 0.295 e. The Bertz CT molecular complexity index is 1240. The summed E-state index contributed by atoms with van der Waals surface area (Å²) in [5, 5.41) is 0. The Hall–Kier alpha value is -3.41. The molecule has 0 atom stereocenters. The van der Waals surface area contributed by atoms with Gasteiger partial charge in [-0.3, -0.25) is 4.55 Å². The summed E-state index contributed by atoms with van der Waals surface area (Å²) in [6.45, 7) is 0. The van der Waals surface area contributed by atoms with Crippen LogP contribution in [0.25, 0.3) is 34.6 Å². The van der Waals surface area contributed by atoms with Crippen LogP contribution in [-0.2, 0) is 10.1 Å².